The van der Waals surface area contributed by atoms with E-state index in [0.717, 1.165) is 57.8 Å². The van der Waals surface area contributed by atoms with Crippen molar-refractivity contribution in [3.05, 3.63) is 0 Å². The van der Waals surface area contributed by atoms with Crippen LogP contribution in [-0.4, -0.2) is 50.5 Å². The largest absolute Gasteiger partial charge is 0.382 e. The highest BCUT2D eigenvalue weighted by molar-refractivity contribution is 6.01. The van der Waals surface area contributed by atoms with Gasteiger partial charge in [0.05, 0.1) is 0 Å². The molecule has 0 rings (SSSR count). The molecule has 3 unspecified atom stereocenters. The van der Waals surface area contributed by atoms with Crippen LogP contribution in [0.4, 0.5) is 0 Å². The number of Topliss-reactive ketones (excluding diaryl/α,β-unsaturated/α-hetero) is 3. The van der Waals surface area contributed by atoms with Gasteiger partial charge in [-0.3, -0.25) is 14.4 Å². The van der Waals surface area contributed by atoms with Gasteiger partial charge in [-0.15, -0.1) is 0 Å². The molecule has 0 aromatic heterocycles. The molecule has 0 aliphatic heterocycles. The number of ketones is 3. The van der Waals surface area contributed by atoms with Crippen molar-refractivity contribution >= 4 is 17.3 Å². The molecule has 0 radical (unpaired) electrons. The fourth-order valence-electron chi connectivity index (χ4n) is 8.00. The monoisotopic (exact) mass is 779 g/mol. The minimum Gasteiger partial charge on any atom is -0.382 e. The van der Waals surface area contributed by atoms with Gasteiger partial charge in [0, 0.05) is 19.3 Å². The lowest BCUT2D eigenvalue weighted by Crippen LogP contribution is -2.63. The molecule has 6 nitrogen and oxygen atoms in total. The van der Waals surface area contributed by atoms with Crippen molar-refractivity contribution in [3.8, 4) is 0 Å². The topological polar surface area (TPSA) is 112 Å². The molecular formula is C49H94O6. The third kappa shape index (κ3) is 29.7. The van der Waals surface area contributed by atoms with Crippen molar-refractivity contribution in [2.45, 2.75) is 295 Å². The lowest BCUT2D eigenvalue weighted by Gasteiger charge is -2.34. The molecule has 0 amide bonds. The predicted octanol–water partition coefficient (Wildman–Crippen LogP) is 13.8. The molecule has 0 aliphatic carbocycles. The molecule has 326 valence electrons. The Balaban J connectivity index is 4.80. The molecule has 55 heavy (non-hydrogen) atoms. The summed E-state index contributed by atoms with van der Waals surface area (Å²) in [7, 11) is 0. The molecule has 0 fully saturated rings. The average Bonchev–Trinajstić information content (AvgIpc) is 3.19. The molecule has 0 heterocycles. The first-order valence-corrected chi connectivity index (χ1v) is 24.4. The maximum atomic E-state index is 13.5. The lowest BCUT2D eigenvalue weighted by molar-refractivity contribution is -0.181. The van der Waals surface area contributed by atoms with E-state index in [-0.39, 0.29) is 19.3 Å². The fraction of sp³-hybridized carbons (Fsp3) is 0.939. The van der Waals surface area contributed by atoms with Crippen molar-refractivity contribution in [3.63, 3.8) is 0 Å². The van der Waals surface area contributed by atoms with E-state index in [0.29, 0.717) is 19.3 Å². The van der Waals surface area contributed by atoms with Crippen LogP contribution in [0.15, 0.2) is 0 Å². The van der Waals surface area contributed by atoms with Crippen LogP contribution in [0.1, 0.15) is 278 Å². The van der Waals surface area contributed by atoms with Crippen LogP contribution < -0.4 is 0 Å². The predicted molar refractivity (Wildman–Crippen MR) is 234 cm³/mol. The Morgan fingerprint density at radius 3 is 0.727 bits per heavy atom. The molecule has 0 aliphatic rings. The number of unbranched alkanes of at least 4 members (excludes halogenated alkanes) is 34. The molecular weight excluding hydrogens is 685 g/mol. The summed E-state index contributed by atoms with van der Waals surface area (Å²) in [6.07, 6.45) is 38.3. The van der Waals surface area contributed by atoms with Crippen molar-refractivity contribution in [2.75, 3.05) is 0 Å². The Bertz CT molecular complexity index is 873. The molecule has 0 aromatic carbocycles. The number of carbonyl (C=O) groups is 3. The molecule has 3 N–H and O–H groups in total. The highest BCUT2D eigenvalue weighted by Crippen LogP contribution is 2.26. The smallest absolute Gasteiger partial charge is 0.189 e. The van der Waals surface area contributed by atoms with E-state index in [1.54, 1.807) is 0 Å². The summed E-state index contributed by atoms with van der Waals surface area (Å²) in [5.74, 6) is -2.11. The van der Waals surface area contributed by atoms with E-state index in [1.807, 2.05) is 0 Å². The Morgan fingerprint density at radius 2 is 0.509 bits per heavy atom. The summed E-state index contributed by atoms with van der Waals surface area (Å²) < 4.78 is 0. The van der Waals surface area contributed by atoms with Crippen LogP contribution in [0.3, 0.4) is 0 Å². The van der Waals surface area contributed by atoms with Gasteiger partial charge in [-0.1, -0.05) is 239 Å². The Morgan fingerprint density at radius 1 is 0.327 bits per heavy atom. The van der Waals surface area contributed by atoms with Gasteiger partial charge in [0.15, 0.2) is 35.2 Å². The maximum Gasteiger partial charge on any atom is 0.189 e. The molecule has 0 saturated heterocycles. The van der Waals surface area contributed by atoms with E-state index >= 15 is 0 Å². The normalized spacial score (nSPS) is 13.9. The summed E-state index contributed by atoms with van der Waals surface area (Å²) in [4.78, 5) is 39.9. The first-order chi connectivity index (χ1) is 26.8. The van der Waals surface area contributed by atoms with Crippen LogP contribution >= 0.6 is 0 Å². The van der Waals surface area contributed by atoms with Crippen molar-refractivity contribution in [1.82, 2.24) is 0 Å². The second kappa shape index (κ2) is 39.7. The van der Waals surface area contributed by atoms with Gasteiger partial charge < -0.3 is 15.3 Å². The maximum absolute atomic E-state index is 13.5. The van der Waals surface area contributed by atoms with E-state index in [2.05, 4.69) is 20.8 Å². The zero-order valence-electron chi connectivity index (χ0n) is 37.0. The molecule has 0 aromatic rings. The molecule has 0 saturated carbocycles. The van der Waals surface area contributed by atoms with E-state index in [1.165, 1.54) is 161 Å². The average molecular weight is 779 g/mol. The summed E-state index contributed by atoms with van der Waals surface area (Å²) >= 11 is 0. The van der Waals surface area contributed by atoms with Crippen molar-refractivity contribution in [2.24, 2.45) is 0 Å². The highest BCUT2D eigenvalue weighted by atomic mass is 16.4. The molecule has 3 atom stereocenters. The summed E-state index contributed by atoms with van der Waals surface area (Å²) in [6.45, 7) is 6.72. The fourth-order valence-corrected chi connectivity index (χ4v) is 8.00. The molecule has 6 heteroatoms. The second-order valence-electron chi connectivity index (χ2n) is 17.3. The standard InChI is InChI=1S/C49H94O6/c1-4-7-10-13-16-19-22-24-27-30-33-36-39-42-45(51)48(54)49(55,46(52)43-40-37-34-31-28-25-23-20-17-14-11-8-5-2)47(53)44(50)41-38-35-32-29-26-21-18-15-12-9-6-3/h47-48,53-55H,4-43H2,1-3H3. The van der Waals surface area contributed by atoms with Crippen LogP contribution in [0.5, 0.6) is 0 Å². The van der Waals surface area contributed by atoms with Gasteiger partial charge in [0.2, 0.25) is 0 Å². The minimum atomic E-state index is -2.79. The third-order valence-electron chi connectivity index (χ3n) is 12.0. The Hall–Kier alpha value is -1.11. The van der Waals surface area contributed by atoms with Gasteiger partial charge in [-0.05, 0) is 19.3 Å². The second-order valence-corrected chi connectivity index (χ2v) is 17.3. The third-order valence-corrected chi connectivity index (χ3v) is 12.0. The first kappa shape index (κ1) is 53.9. The van der Waals surface area contributed by atoms with Gasteiger partial charge in [0.25, 0.3) is 0 Å². The van der Waals surface area contributed by atoms with Gasteiger partial charge in [-0.2, -0.15) is 0 Å². The molecule has 0 bridgehead atoms. The minimum absolute atomic E-state index is 0.0201. The summed E-state index contributed by atoms with van der Waals surface area (Å²) in [5, 5.41) is 33.9. The van der Waals surface area contributed by atoms with E-state index in [4.69, 9.17) is 0 Å². The van der Waals surface area contributed by atoms with Crippen LogP contribution in [-0.2, 0) is 14.4 Å². The number of hydrogen-bond acceptors (Lipinski definition) is 6. The number of aliphatic hydroxyl groups is 3. The summed E-state index contributed by atoms with van der Waals surface area (Å²) in [5.41, 5.74) is -2.79. The van der Waals surface area contributed by atoms with Crippen LogP contribution in [0.25, 0.3) is 0 Å². The quantitative estimate of drug-likeness (QED) is 0.0531. The zero-order valence-corrected chi connectivity index (χ0v) is 37.0. The Labute approximate surface area is 341 Å². The van der Waals surface area contributed by atoms with Crippen molar-refractivity contribution < 1.29 is 29.7 Å². The number of carbonyl (C=O) groups excluding carboxylic acids is 3. The van der Waals surface area contributed by atoms with E-state index in [9.17, 15) is 29.7 Å². The van der Waals surface area contributed by atoms with Gasteiger partial charge in [0.1, 0.15) is 0 Å². The Kier molecular flexibility index (Phi) is 38.9. The number of aliphatic hydroxyl groups excluding tert-OH is 2. The van der Waals surface area contributed by atoms with Crippen molar-refractivity contribution in [1.29, 1.82) is 0 Å². The SMILES string of the molecule is CCCCCCCCCCCCCCCC(=O)C(O)C(O)(C(=O)CCCCCCCCCCCCCCC)C(O)C(=O)CCCCCCCCCCCCC. The first-order valence-electron chi connectivity index (χ1n) is 24.4. The van der Waals surface area contributed by atoms with Gasteiger partial charge in [-0.25, -0.2) is 0 Å². The van der Waals surface area contributed by atoms with Crippen LogP contribution in [0.2, 0.25) is 0 Å². The molecule has 0 spiro atoms. The highest BCUT2D eigenvalue weighted by Gasteiger charge is 2.53. The zero-order chi connectivity index (χ0) is 40.7. The number of hydrogen-bond donors (Lipinski definition) is 3. The van der Waals surface area contributed by atoms with E-state index < -0.39 is 35.2 Å². The number of rotatable bonds is 45. The lowest BCUT2D eigenvalue weighted by atomic mass is 9.78. The summed E-state index contributed by atoms with van der Waals surface area (Å²) in [6, 6.07) is 0. The van der Waals surface area contributed by atoms with Gasteiger partial charge >= 0.3 is 0 Å². The van der Waals surface area contributed by atoms with Crippen LogP contribution in [0, 0.1) is 0 Å².